The van der Waals surface area contributed by atoms with Crippen LogP contribution in [0, 0.1) is 17.1 Å². The van der Waals surface area contributed by atoms with Gasteiger partial charge in [0.2, 0.25) is 0 Å². The highest BCUT2D eigenvalue weighted by Crippen LogP contribution is 2.25. The van der Waals surface area contributed by atoms with Crippen LogP contribution in [0.3, 0.4) is 0 Å². The Bertz CT molecular complexity index is 483. The van der Waals surface area contributed by atoms with E-state index in [0.29, 0.717) is 6.20 Å². The Morgan fingerprint density at radius 2 is 2.29 bits per heavy atom. The number of aromatic nitrogens is 1. The minimum atomic E-state index is -3.13. The number of ether oxygens (including phenoxy) is 1. The molecule has 1 aromatic heterocycles. The van der Waals surface area contributed by atoms with Crippen molar-refractivity contribution in [2.45, 2.75) is 13.3 Å². The molecule has 0 amide bonds. The number of pyridine rings is 1. The monoisotopic (exact) mass is 244 g/mol. The molecule has 0 saturated carbocycles. The molecule has 0 saturated heterocycles. The quantitative estimate of drug-likeness (QED) is 0.764. The van der Waals surface area contributed by atoms with Crippen molar-refractivity contribution in [2.24, 2.45) is 0 Å². The number of carbonyl (C=O) groups is 1. The molecule has 4 nitrogen and oxygen atoms in total. The Balaban J connectivity index is 3.41. The molecular weight excluding hydrogens is 237 g/mol. The molecule has 90 valence electrons. The molecule has 0 bridgehead atoms. The maximum atomic E-state index is 13.6. The van der Waals surface area contributed by atoms with Gasteiger partial charge in [0.15, 0.2) is 5.82 Å². The lowest BCUT2D eigenvalue weighted by Crippen LogP contribution is -2.14. The summed E-state index contributed by atoms with van der Waals surface area (Å²) < 4.78 is 43.1. The van der Waals surface area contributed by atoms with E-state index in [2.05, 4.69) is 9.72 Å². The van der Waals surface area contributed by atoms with E-state index in [1.807, 2.05) is 0 Å². The molecule has 0 atom stereocenters. The van der Waals surface area contributed by atoms with Crippen LogP contribution in [0.4, 0.5) is 13.2 Å². The standard InChI is InChI=1S/C10H7F3N2O2/c1-2-17-10(16)6-7(11)5(3-14)4-15-8(6)9(12)13/h4,9H,2H2,1H3. The van der Waals surface area contributed by atoms with Crippen LogP contribution >= 0.6 is 0 Å². The third-order valence-electron chi connectivity index (χ3n) is 1.85. The first-order valence-electron chi connectivity index (χ1n) is 4.56. The van der Waals surface area contributed by atoms with Gasteiger partial charge in [-0.3, -0.25) is 4.98 Å². The Labute approximate surface area is 94.6 Å². The predicted molar refractivity (Wildman–Crippen MR) is 49.8 cm³/mol. The number of carbonyl (C=O) groups excluding carboxylic acids is 1. The normalized spacial score (nSPS) is 10.1. The summed E-state index contributed by atoms with van der Waals surface area (Å²) in [6.45, 7) is 1.34. The van der Waals surface area contributed by atoms with Crippen LogP contribution < -0.4 is 0 Å². The number of hydrogen-bond acceptors (Lipinski definition) is 4. The van der Waals surface area contributed by atoms with Crippen molar-refractivity contribution in [1.29, 1.82) is 5.26 Å². The van der Waals surface area contributed by atoms with Crippen molar-refractivity contribution in [2.75, 3.05) is 6.61 Å². The fourth-order valence-electron chi connectivity index (χ4n) is 1.14. The van der Waals surface area contributed by atoms with Crippen molar-refractivity contribution in [3.05, 3.63) is 28.8 Å². The van der Waals surface area contributed by atoms with E-state index in [9.17, 15) is 18.0 Å². The summed E-state index contributed by atoms with van der Waals surface area (Å²) >= 11 is 0. The summed E-state index contributed by atoms with van der Waals surface area (Å²) in [6.07, 6.45) is -2.48. The van der Waals surface area contributed by atoms with Gasteiger partial charge in [0.25, 0.3) is 6.43 Å². The minimum absolute atomic E-state index is 0.0995. The van der Waals surface area contributed by atoms with Crippen molar-refractivity contribution >= 4 is 5.97 Å². The fourth-order valence-corrected chi connectivity index (χ4v) is 1.14. The van der Waals surface area contributed by atoms with Crippen molar-refractivity contribution in [3.63, 3.8) is 0 Å². The minimum Gasteiger partial charge on any atom is -0.462 e. The Hall–Kier alpha value is -2.10. The van der Waals surface area contributed by atoms with Gasteiger partial charge >= 0.3 is 5.97 Å². The first kappa shape index (κ1) is 13.0. The van der Waals surface area contributed by atoms with Crippen LogP contribution in [0.5, 0.6) is 0 Å². The van der Waals surface area contributed by atoms with Crippen molar-refractivity contribution in [3.8, 4) is 6.07 Å². The molecule has 7 heteroatoms. The largest absolute Gasteiger partial charge is 0.462 e. The second-order valence-electron chi connectivity index (χ2n) is 2.88. The zero-order valence-electron chi connectivity index (χ0n) is 8.71. The number of nitriles is 1. The molecule has 0 spiro atoms. The van der Waals surface area contributed by atoms with Crippen LogP contribution in [-0.2, 0) is 4.74 Å². The van der Waals surface area contributed by atoms with Gasteiger partial charge in [0, 0.05) is 6.20 Å². The van der Waals surface area contributed by atoms with Crippen LogP contribution in [0.2, 0.25) is 0 Å². The van der Waals surface area contributed by atoms with Crippen molar-refractivity contribution < 1.29 is 22.7 Å². The summed E-state index contributed by atoms with van der Waals surface area (Å²) in [5.74, 6) is -2.60. The lowest BCUT2D eigenvalue weighted by molar-refractivity contribution is 0.0507. The van der Waals surface area contributed by atoms with Crippen LogP contribution in [-0.4, -0.2) is 17.6 Å². The molecule has 0 N–H and O–H groups in total. The number of nitrogens with zero attached hydrogens (tertiary/aromatic N) is 2. The van der Waals surface area contributed by atoms with E-state index in [1.165, 1.54) is 13.0 Å². The summed E-state index contributed by atoms with van der Waals surface area (Å²) in [7, 11) is 0. The first-order valence-corrected chi connectivity index (χ1v) is 4.56. The highest BCUT2D eigenvalue weighted by Gasteiger charge is 2.27. The molecule has 1 rings (SSSR count). The molecular formula is C10H7F3N2O2. The van der Waals surface area contributed by atoms with Gasteiger partial charge < -0.3 is 4.74 Å². The number of alkyl halides is 2. The molecule has 0 aliphatic rings. The molecule has 0 aromatic carbocycles. The van der Waals surface area contributed by atoms with Gasteiger partial charge in [0.05, 0.1) is 6.61 Å². The van der Waals surface area contributed by atoms with Gasteiger partial charge in [-0.15, -0.1) is 0 Å². The molecule has 0 aliphatic heterocycles. The molecule has 0 aliphatic carbocycles. The lowest BCUT2D eigenvalue weighted by atomic mass is 10.1. The number of esters is 1. The Morgan fingerprint density at radius 3 is 2.76 bits per heavy atom. The highest BCUT2D eigenvalue weighted by atomic mass is 19.3. The summed E-state index contributed by atoms with van der Waals surface area (Å²) in [5.41, 5.74) is -2.60. The summed E-state index contributed by atoms with van der Waals surface area (Å²) in [4.78, 5) is 14.5. The highest BCUT2D eigenvalue weighted by molar-refractivity contribution is 5.91. The zero-order valence-corrected chi connectivity index (χ0v) is 8.71. The average molecular weight is 244 g/mol. The first-order chi connectivity index (χ1) is 8.02. The zero-order chi connectivity index (χ0) is 13.0. The van der Waals surface area contributed by atoms with Gasteiger partial charge in [-0.2, -0.15) is 5.26 Å². The number of halogens is 3. The van der Waals surface area contributed by atoms with Gasteiger partial charge in [-0.1, -0.05) is 0 Å². The number of hydrogen-bond donors (Lipinski definition) is 0. The molecule has 0 unspecified atom stereocenters. The molecule has 0 fully saturated rings. The Kier molecular flexibility index (Phi) is 4.04. The Morgan fingerprint density at radius 1 is 1.65 bits per heavy atom. The molecule has 1 heterocycles. The van der Waals surface area contributed by atoms with E-state index < -0.39 is 35.0 Å². The number of rotatable bonds is 3. The SMILES string of the molecule is CCOC(=O)c1c(C(F)F)ncc(C#N)c1F. The summed E-state index contributed by atoms with van der Waals surface area (Å²) in [6, 6.07) is 1.41. The second-order valence-corrected chi connectivity index (χ2v) is 2.88. The average Bonchev–Trinajstić information content (AvgIpc) is 2.28. The van der Waals surface area contributed by atoms with Gasteiger partial charge in [-0.05, 0) is 6.92 Å². The maximum Gasteiger partial charge on any atom is 0.343 e. The third-order valence-corrected chi connectivity index (χ3v) is 1.85. The van der Waals surface area contributed by atoms with Crippen LogP contribution in [0.15, 0.2) is 6.20 Å². The van der Waals surface area contributed by atoms with E-state index >= 15 is 0 Å². The van der Waals surface area contributed by atoms with Crippen molar-refractivity contribution in [1.82, 2.24) is 4.98 Å². The second kappa shape index (κ2) is 5.30. The van der Waals surface area contributed by atoms with Gasteiger partial charge in [0.1, 0.15) is 22.9 Å². The van der Waals surface area contributed by atoms with E-state index in [4.69, 9.17) is 5.26 Å². The topological polar surface area (TPSA) is 63.0 Å². The molecule has 1 aromatic rings. The summed E-state index contributed by atoms with van der Waals surface area (Å²) in [5, 5.41) is 8.51. The van der Waals surface area contributed by atoms with Gasteiger partial charge in [-0.25, -0.2) is 18.0 Å². The molecule has 0 radical (unpaired) electrons. The maximum absolute atomic E-state index is 13.6. The van der Waals surface area contributed by atoms with Crippen LogP contribution in [0.25, 0.3) is 0 Å². The smallest absolute Gasteiger partial charge is 0.343 e. The van der Waals surface area contributed by atoms with E-state index in [0.717, 1.165) is 0 Å². The predicted octanol–water partition coefficient (Wildman–Crippen LogP) is 2.21. The van der Waals surface area contributed by atoms with E-state index in [-0.39, 0.29) is 6.61 Å². The molecule has 17 heavy (non-hydrogen) atoms. The third kappa shape index (κ3) is 2.53. The fraction of sp³-hybridized carbons (Fsp3) is 0.300. The van der Waals surface area contributed by atoms with E-state index in [1.54, 1.807) is 0 Å². The lowest BCUT2D eigenvalue weighted by Gasteiger charge is -2.08. The van der Waals surface area contributed by atoms with Crippen LogP contribution in [0.1, 0.15) is 35.0 Å².